The largest absolute Gasteiger partial charge is 0.282 e. The Kier molecular flexibility index (Phi) is 4.37. The summed E-state index contributed by atoms with van der Waals surface area (Å²) in [6.45, 7) is -0.380. The van der Waals surface area contributed by atoms with Crippen molar-refractivity contribution in [2.45, 2.75) is 32.2 Å². The maximum atomic E-state index is 13.0. The number of hydrogen-bond acceptors (Lipinski definition) is 5. The van der Waals surface area contributed by atoms with Crippen molar-refractivity contribution < 1.29 is 26.8 Å². The van der Waals surface area contributed by atoms with Gasteiger partial charge in [0.1, 0.15) is 12.2 Å². The normalized spacial score (nSPS) is 20.6. The van der Waals surface area contributed by atoms with Crippen LogP contribution in [-0.2, 0) is 38.9 Å². The summed E-state index contributed by atoms with van der Waals surface area (Å²) in [5.41, 5.74) is 0.938. The lowest BCUT2D eigenvalue weighted by molar-refractivity contribution is -0.182. The molecule has 23 heavy (non-hydrogen) atoms. The van der Waals surface area contributed by atoms with Crippen molar-refractivity contribution in [3.8, 4) is 0 Å². The third-order valence-electron chi connectivity index (χ3n) is 4.05. The average molecular weight is 349 g/mol. The first-order valence-electron chi connectivity index (χ1n) is 7.38. The van der Waals surface area contributed by atoms with Crippen LogP contribution in [0.1, 0.15) is 29.8 Å². The predicted molar refractivity (Wildman–Crippen MR) is 75.5 cm³/mol. The molecule has 3 rings (SSSR count). The van der Waals surface area contributed by atoms with Gasteiger partial charge in [-0.1, -0.05) is 0 Å². The Labute approximate surface area is 132 Å². The highest BCUT2D eigenvalue weighted by atomic mass is 32.2. The van der Waals surface area contributed by atoms with Gasteiger partial charge in [-0.05, 0) is 19.3 Å². The molecule has 1 aliphatic carbocycles. The predicted octanol–water partition coefficient (Wildman–Crippen LogP) is 0.498. The van der Waals surface area contributed by atoms with Gasteiger partial charge in [-0.25, -0.2) is 22.3 Å². The number of amides is 1. The first-order chi connectivity index (χ1) is 10.9. The van der Waals surface area contributed by atoms with E-state index in [0.717, 1.165) is 11.5 Å². The zero-order valence-corrected chi connectivity index (χ0v) is 13.2. The SMILES string of the molecule is O=C(Cn1nc(C(F)F)c2c1CCC2)N1CCS(=O)(=O)CCO1. The summed E-state index contributed by atoms with van der Waals surface area (Å²) in [6, 6.07) is 0. The molecular weight excluding hydrogens is 332 g/mol. The molecule has 1 fully saturated rings. The molecule has 1 aliphatic heterocycles. The summed E-state index contributed by atoms with van der Waals surface area (Å²) in [4.78, 5) is 17.4. The Morgan fingerprint density at radius 2 is 2.09 bits per heavy atom. The number of fused-ring (bicyclic) bond motifs is 1. The van der Waals surface area contributed by atoms with Crippen LogP contribution in [-0.4, -0.2) is 53.8 Å². The molecule has 0 spiro atoms. The third-order valence-corrected chi connectivity index (χ3v) is 5.65. The highest BCUT2D eigenvalue weighted by Gasteiger charge is 2.29. The van der Waals surface area contributed by atoms with Crippen molar-refractivity contribution in [3.05, 3.63) is 17.0 Å². The average Bonchev–Trinajstić information content (AvgIpc) is 3.00. The minimum atomic E-state index is -3.22. The third kappa shape index (κ3) is 3.37. The maximum Gasteiger partial charge on any atom is 0.282 e. The second kappa shape index (κ2) is 6.16. The van der Waals surface area contributed by atoms with Crippen molar-refractivity contribution in [1.82, 2.24) is 14.8 Å². The van der Waals surface area contributed by atoms with Crippen LogP contribution in [0.2, 0.25) is 0 Å². The lowest BCUT2D eigenvalue weighted by Crippen LogP contribution is -2.36. The highest BCUT2D eigenvalue weighted by Crippen LogP contribution is 2.31. The van der Waals surface area contributed by atoms with Crippen molar-refractivity contribution in [3.63, 3.8) is 0 Å². The number of carbonyl (C=O) groups is 1. The first kappa shape index (κ1) is 16.3. The van der Waals surface area contributed by atoms with E-state index in [1.54, 1.807) is 0 Å². The van der Waals surface area contributed by atoms with Crippen LogP contribution in [0.4, 0.5) is 8.78 Å². The topological polar surface area (TPSA) is 81.5 Å². The van der Waals surface area contributed by atoms with Gasteiger partial charge in [-0.3, -0.25) is 14.3 Å². The summed E-state index contributed by atoms with van der Waals surface area (Å²) < 4.78 is 50.3. The first-order valence-corrected chi connectivity index (χ1v) is 9.20. The van der Waals surface area contributed by atoms with Crippen molar-refractivity contribution in [2.24, 2.45) is 0 Å². The Morgan fingerprint density at radius 3 is 2.83 bits per heavy atom. The van der Waals surface area contributed by atoms with Crippen LogP contribution in [0.5, 0.6) is 0 Å². The molecule has 1 aromatic heterocycles. The fourth-order valence-electron chi connectivity index (χ4n) is 2.91. The highest BCUT2D eigenvalue weighted by molar-refractivity contribution is 7.91. The van der Waals surface area contributed by atoms with E-state index in [1.165, 1.54) is 4.68 Å². The summed E-state index contributed by atoms with van der Waals surface area (Å²) in [6.07, 6.45) is -0.753. The van der Waals surface area contributed by atoms with Crippen LogP contribution < -0.4 is 0 Å². The van der Waals surface area contributed by atoms with E-state index in [-0.39, 0.29) is 36.9 Å². The monoisotopic (exact) mass is 349 g/mol. The molecule has 10 heteroatoms. The van der Waals surface area contributed by atoms with Crippen molar-refractivity contribution in [1.29, 1.82) is 0 Å². The number of carbonyl (C=O) groups excluding carboxylic acids is 1. The van der Waals surface area contributed by atoms with Crippen LogP contribution in [0.15, 0.2) is 0 Å². The van der Waals surface area contributed by atoms with Gasteiger partial charge in [0.25, 0.3) is 12.3 Å². The van der Waals surface area contributed by atoms with E-state index in [2.05, 4.69) is 5.10 Å². The zero-order chi connectivity index (χ0) is 16.6. The fraction of sp³-hybridized carbons (Fsp3) is 0.692. The molecule has 2 heterocycles. The van der Waals surface area contributed by atoms with E-state index in [4.69, 9.17) is 4.84 Å². The van der Waals surface area contributed by atoms with Gasteiger partial charge in [-0.2, -0.15) is 5.10 Å². The van der Waals surface area contributed by atoms with Crippen LogP contribution in [0, 0.1) is 0 Å². The van der Waals surface area contributed by atoms with Crippen LogP contribution in [0.25, 0.3) is 0 Å². The number of sulfone groups is 1. The molecule has 0 atom stereocenters. The lowest BCUT2D eigenvalue weighted by Gasteiger charge is -2.19. The quantitative estimate of drug-likeness (QED) is 0.794. The number of hydroxylamine groups is 2. The van der Waals surface area contributed by atoms with Gasteiger partial charge in [0.2, 0.25) is 0 Å². The van der Waals surface area contributed by atoms with E-state index < -0.39 is 22.2 Å². The van der Waals surface area contributed by atoms with Crippen molar-refractivity contribution in [2.75, 3.05) is 24.7 Å². The van der Waals surface area contributed by atoms with Gasteiger partial charge in [-0.15, -0.1) is 0 Å². The molecule has 7 nitrogen and oxygen atoms in total. The second-order valence-corrected chi connectivity index (χ2v) is 7.91. The molecule has 128 valence electrons. The Morgan fingerprint density at radius 1 is 1.30 bits per heavy atom. The van der Waals surface area contributed by atoms with E-state index in [9.17, 15) is 22.0 Å². The molecule has 1 aromatic rings. The van der Waals surface area contributed by atoms with Gasteiger partial charge in [0.05, 0.1) is 24.7 Å². The molecular formula is C13H17F2N3O4S. The number of nitrogens with zero attached hydrogens (tertiary/aromatic N) is 3. The van der Waals surface area contributed by atoms with Gasteiger partial charge < -0.3 is 0 Å². The Bertz CT molecular complexity index is 717. The standard InChI is InChI=1S/C13H17F2N3O4S/c14-13(15)12-9-2-1-3-10(9)17(16-12)8-11(19)18-4-6-23(20,21)7-5-22-18/h13H,1-8H2. The molecule has 0 saturated carbocycles. The number of rotatable bonds is 3. The van der Waals surface area contributed by atoms with Crippen LogP contribution in [0.3, 0.4) is 0 Å². The van der Waals surface area contributed by atoms with E-state index >= 15 is 0 Å². The molecule has 0 unspecified atom stereocenters. The van der Waals surface area contributed by atoms with Gasteiger partial charge in [0, 0.05) is 11.3 Å². The minimum Gasteiger partial charge on any atom is -0.270 e. The molecule has 1 amide bonds. The van der Waals surface area contributed by atoms with E-state index in [1.807, 2.05) is 0 Å². The number of alkyl halides is 2. The number of aromatic nitrogens is 2. The second-order valence-electron chi connectivity index (χ2n) is 5.60. The molecule has 0 bridgehead atoms. The Hall–Kier alpha value is -1.55. The Balaban J connectivity index is 1.75. The summed E-state index contributed by atoms with van der Waals surface area (Å²) in [5, 5.41) is 4.86. The number of halogens is 2. The maximum absolute atomic E-state index is 13.0. The molecule has 2 aliphatic rings. The fourth-order valence-corrected chi connectivity index (χ4v) is 3.89. The molecule has 0 radical (unpaired) electrons. The zero-order valence-electron chi connectivity index (χ0n) is 12.4. The lowest BCUT2D eigenvalue weighted by atomic mass is 10.2. The number of hydrogen-bond donors (Lipinski definition) is 0. The minimum absolute atomic E-state index is 0.0632. The molecule has 0 aromatic carbocycles. The summed E-state index contributed by atoms with van der Waals surface area (Å²) in [5.74, 6) is -0.790. The smallest absolute Gasteiger partial charge is 0.270 e. The van der Waals surface area contributed by atoms with Crippen LogP contribution >= 0.6 is 0 Å². The van der Waals surface area contributed by atoms with Gasteiger partial charge >= 0.3 is 0 Å². The van der Waals surface area contributed by atoms with Crippen molar-refractivity contribution >= 4 is 15.7 Å². The van der Waals surface area contributed by atoms with Gasteiger partial charge in [0.15, 0.2) is 9.84 Å². The molecule has 1 saturated heterocycles. The molecule has 0 N–H and O–H groups in total. The van der Waals surface area contributed by atoms with E-state index in [0.29, 0.717) is 24.1 Å². The summed E-state index contributed by atoms with van der Waals surface area (Å²) in [7, 11) is -3.22. The summed E-state index contributed by atoms with van der Waals surface area (Å²) >= 11 is 0.